The van der Waals surface area contributed by atoms with Crippen LogP contribution >= 0.6 is 0 Å². The van der Waals surface area contributed by atoms with E-state index in [1.54, 1.807) is 0 Å². The molecule has 0 aromatic heterocycles. The monoisotopic (exact) mass is 182 g/mol. The van der Waals surface area contributed by atoms with E-state index in [9.17, 15) is 4.79 Å². The number of ether oxygens (including phenoxy) is 1. The van der Waals surface area contributed by atoms with Crippen LogP contribution in [0.5, 0.6) is 0 Å². The number of esters is 1. The van der Waals surface area contributed by atoms with Crippen molar-refractivity contribution in [1.29, 1.82) is 0 Å². The van der Waals surface area contributed by atoms with E-state index in [1.165, 1.54) is 12.8 Å². The molecular formula is C11H18O2. The van der Waals surface area contributed by atoms with Crippen molar-refractivity contribution in [2.75, 3.05) is 0 Å². The topological polar surface area (TPSA) is 26.3 Å². The van der Waals surface area contributed by atoms with E-state index in [0.717, 1.165) is 6.42 Å². The lowest BCUT2D eigenvalue weighted by Crippen LogP contribution is -2.15. The minimum Gasteiger partial charge on any atom is -0.462 e. The Bertz CT molecular complexity index is 192. The molecule has 13 heavy (non-hydrogen) atoms. The summed E-state index contributed by atoms with van der Waals surface area (Å²) < 4.78 is 5.23. The predicted molar refractivity (Wildman–Crippen MR) is 52.3 cm³/mol. The fourth-order valence-electron chi connectivity index (χ4n) is 1.26. The van der Waals surface area contributed by atoms with Gasteiger partial charge in [0.15, 0.2) is 0 Å². The van der Waals surface area contributed by atoms with E-state index < -0.39 is 0 Å². The minimum atomic E-state index is -0.0934. The van der Waals surface area contributed by atoms with E-state index in [2.05, 4.69) is 6.92 Å². The lowest BCUT2D eigenvalue weighted by molar-refractivity contribution is -0.148. The van der Waals surface area contributed by atoms with Gasteiger partial charge in [-0.2, -0.15) is 0 Å². The summed E-state index contributed by atoms with van der Waals surface area (Å²) in [5, 5.41) is 0. The van der Waals surface area contributed by atoms with Gasteiger partial charge in [0, 0.05) is 0 Å². The van der Waals surface area contributed by atoms with Crippen molar-refractivity contribution in [3.05, 3.63) is 12.2 Å². The Morgan fingerprint density at radius 2 is 2.23 bits per heavy atom. The number of carbonyl (C=O) groups excluding carboxylic acids is 1. The van der Waals surface area contributed by atoms with Crippen molar-refractivity contribution in [3.8, 4) is 0 Å². The van der Waals surface area contributed by atoms with Crippen LogP contribution in [0.2, 0.25) is 0 Å². The molecule has 0 saturated heterocycles. The van der Waals surface area contributed by atoms with Crippen molar-refractivity contribution in [2.45, 2.75) is 45.6 Å². The standard InChI is InChI=1S/C11H18O2/c1-3-4-5-6-11(12)13-9(2)10-7-8-10/h4-5,9-10H,3,6-8H2,1-2H3/b5-4+. The second kappa shape index (κ2) is 5.05. The molecule has 0 aromatic rings. The molecule has 1 aliphatic rings. The lowest BCUT2D eigenvalue weighted by atomic mass is 10.2. The highest BCUT2D eigenvalue weighted by Crippen LogP contribution is 2.34. The molecule has 0 aromatic carbocycles. The number of carbonyl (C=O) groups is 1. The Hall–Kier alpha value is -0.790. The zero-order chi connectivity index (χ0) is 9.68. The molecule has 1 aliphatic carbocycles. The molecule has 0 radical (unpaired) electrons. The number of rotatable bonds is 5. The van der Waals surface area contributed by atoms with Gasteiger partial charge in [-0.05, 0) is 32.1 Å². The third-order valence-electron chi connectivity index (χ3n) is 2.29. The number of allylic oxidation sites excluding steroid dienone is 1. The number of hydrogen-bond acceptors (Lipinski definition) is 2. The summed E-state index contributed by atoms with van der Waals surface area (Å²) in [5.74, 6) is 0.545. The Labute approximate surface area is 80.0 Å². The third-order valence-corrected chi connectivity index (χ3v) is 2.29. The summed E-state index contributed by atoms with van der Waals surface area (Å²) in [7, 11) is 0. The van der Waals surface area contributed by atoms with Gasteiger partial charge < -0.3 is 4.74 Å². The maximum Gasteiger partial charge on any atom is 0.309 e. The molecule has 1 atom stereocenters. The maximum absolute atomic E-state index is 11.2. The van der Waals surface area contributed by atoms with Gasteiger partial charge in [-0.15, -0.1) is 0 Å². The largest absolute Gasteiger partial charge is 0.462 e. The first-order valence-corrected chi connectivity index (χ1v) is 5.08. The van der Waals surface area contributed by atoms with Crippen LogP contribution in [0, 0.1) is 5.92 Å². The fraction of sp³-hybridized carbons (Fsp3) is 0.727. The first-order valence-electron chi connectivity index (χ1n) is 5.08. The molecule has 0 aliphatic heterocycles. The predicted octanol–water partition coefficient (Wildman–Crippen LogP) is 2.68. The molecule has 1 rings (SSSR count). The van der Waals surface area contributed by atoms with Crippen molar-refractivity contribution in [1.82, 2.24) is 0 Å². The second-order valence-electron chi connectivity index (χ2n) is 3.62. The van der Waals surface area contributed by atoms with E-state index >= 15 is 0 Å². The molecule has 0 amide bonds. The summed E-state index contributed by atoms with van der Waals surface area (Å²) in [5.41, 5.74) is 0. The quantitative estimate of drug-likeness (QED) is 0.482. The molecule has 0 N–H and O–H groups in total. The molecule has 0 spiro atoms. The highest BCUT2D eigenvalue weighted by Gasteiger charge is 2.30. The Balaban J connectivity index is 2.12. The van der Waals surface area contributed by atoms with E-state index in [-0.39, 0.29) is 12.1 Å². The van der Waals surface area contributed by atoms with Crippen LogP contribution in [0.15, 0.2) is 12.2 Å². The normalized spacial score (nSPS) is 18.9. The van der Waals surface area contributed by atoms with Crippen molar-refractivity contribution >= 4 is 5.97 Å². The summed E-state index contributed by atoms with van der Waals surface area (Å²) in [4.78, 5) is 11.2. The minimum absolute atomic E-state index is 0.0934. The Morgan fingerprint density at radius 3 is 2.77 bits per heavy atom. The SMILES string of the molecule is CC/C=C/CC(=O)OC(C)C1CC1. The van der Waals surface area contributed by atoms with Crippen molar-refractivity contribution < 1.29 is 9.53 Å². The van der Waals surface area contributed by atoms with Gasteiger partial charge >= 0.3 is 5.97 Å². The molecular weight excluding hydrogens is 164 g/mol. The first kappa shape index (κ1) is 10.3. The zero-order valence-electron chi connectivity index (χ0n) is 8.45. The van der Waals surface area contributed by atoms with Crippen LogP contribution in [0.4, 0.5) is 0 Å². The molecule has 2 nitrogen and oxygen atoms in total. The smallest absolute Gasteiger partial charge is 0.309 e. The third kappa shape index (κ3) is 4.11. The summed E-state index contributed by atoms with van der Waals surface area (Å²) in [6.07, 6.45) is 7.84. The van der Waals surface area contributed by atoms with Crippen LogP contribution in [0.3, 0.4) is 0 Å². The first-order chi connectivity index (χ1) is 6.24. The molecule has 0 bridgehead atoms. The average Bonchev–Trinajstić information content (AvgIpc) is 2.86. The van der Waals surface area contributed by atoms with E-state index in [4.69, 9.17) is 4.74 Å². The fourth-order valence-corrected chi connectivity index (χ4v) is 1.26. The van der Waals surface area contributed by atoms with E-state index in [1.807, 2.05) is 19.1 Å². The van der Waals surface area contributed by atoms with Gasteiger partial charge in [0.05, 0.1) is 6.42 Å². The van der Waals surface area contributed by atoms with E-state index in [0.29, 0.717) is 12.3 Å². The Kier molecular flexibility index (Phi) is 4.00. The maximum atomic E-state index is 11.2. The Morgan fingerprint density at radius 1 is 1.54 bits per heavy atom. The average molecular weight is 182 g/mol. The van der Waals surface area contributed by atoms with Gasteiger partial charge in [0.1, 0.15) is 6.10 Å². The molecule has 74 valence electrons. The van der Waals surface area contributed by atoms with Crippen molar-refractivity contribution in [3.63, 3.8) is 0 Å². The number of hydrogen-bond donors (Lipinski definition) is 0. The van der Waals surface area contributed by atoms with Gasteiger partial charge in [0.2, 0.25) is 0 Å². The summed E-state index contributed by atoms with van der Waals surface area (Å²) >= 11 is 0. The highest BCUT2D eigenvalue weighted by atomic mass is 16.5. The van der Waals surface area contributed by atoms with Crippen LogP contribution in [0.25, 0.3) is 0 Å². The van der Waals surface area contributed by atoms with Gasteiger partial charge in [-0.3, -0.25) is 4.79 Å². The lowest BCUT2D eigenvalue weighted by Gasteiger charge is -2.10. The summed E-state index contributed by atoms with van der Waals surface area (Å²) in [6.45, 7) is 4.04. The van der Waals surface area contributed by atoms with Crippen LogP contribution < -0.4 is 0 Å². The second-order valence-corrected chi connectivity index (χ2v) is 3.62. The van der Waals surface area contributed by atoms with Gasteiger partial charge in [0.25, 0.3) is 0 Å². The van der Waals surface area contributed by atoms with Crippen LogP contribution in [-0.4, -0.2) is 12.1 Å². The van der Waals surface area contributed by atoms with Crippen LogP contribution in [-0.2, 0) is 9.53 Å². The molecule has 1 fully saturated rings. The molecule has 0 heterocycles. The van der Waals surface area contributed by atoms with Crippen LogP contribution in [0.1, 0.15) is 39.5 Å². The zero-order valence-corrected chi connectivity index (χ0v) is 8.45. The molecule has 1 unspecified atom stereocenters. The van der Waals surface area contributed by atoms with Gasteiger partial charge in [-0.1, -0.05) is 19.1 Å². The van der Waals surface area contributed by atoms with Gasteiger partial charge in [-0.25, -0.2) is 0 Å². The van der Waals surface area contributed by atoms with Crippen molar-refractivity contribution in [2.24, 2.45) is 5.92 Å². The summed E-state index contributed by atoms with van der Waals surface area (Å²) in [6, 6.07) is 0. The highest BCUT2D eigenvalue weighted by molar-refractivity contribution is 5.71. The molecule has 2 heteroatoms. The molecule has 1 saturated carbocycles.